The smallest absolute Gasteiger partial charge is 0.188 e. The van der Waals surface area contributed by atoms with Crippen molar-refractivity contribution in [3.63, 3.8) is 0 Å². The van der Waals surface area contributed by atoms with Crippen molar-refractivity contribution in [2.24, 2.45) is 0 Å². The summed E-state index contributed by atoms with van der Waals surface area (Å²) in [5.41, 5.74) is 15.6. The number of nitrogens with zero attached hydrogens (tertiary/aromatic N) is 6. The fourth-order valence-electron chi connectivity index (χ4n) is 11.8. The second kappa shape index (κ2) is 13.2. The minimum atomic E-state index is -0.753. The van der Waals surface area contributed by atoms with Gasteiger partial charge < -0.3 is 18.4 Å². The SMILES string of the molecule is [C-]#[N+]c1ccc2c(c1)c1ccccc1n2-c1ccc2c(c1)Oc1cc(-n3c4ccccc4c4cc(-n5c6ccccc6c6ccccc65)ccc43)ccc1C21c2cccnc2-c2ncccc21. The fourth-order valence-corrected chi connectivity index (χ4v) is 11.8. The van der Waals surface area contributed by atoms with Crippen LogP contribution in [0.5, 0.6) is 11.5 Å². The Kier molecular flexibility index (Phi) is 7.10. The molecule has 15 rings (SSSR count). The first-order valence-electron chi connectivity index (χ1n) is 22.5. The predicted molar refractivity (Wildman–Crippen MR) is 269 cm³/mol. The zero-order valence-electron chi connectivity index (χ0n) is 35.7. The molecule has 0 bridgehead atoms. The number of para-hydroxylation sites is 4. The molecule has 6 heterocycles. The van der Waals surface area contributed by atoms with Gasteiger partial charge in [0, 0.05) is 79.6 Å². The van der Waals surface area contributed by atoms with E-state index in [1.54, 1.807) is 0 Å². The maximum Gasteiger partial charge on any atom is 0.188 e. The number of fused-ring (bicyclic) bond motifs is 18. The number of pyridine rings is 2. The molecular formula is C60H34N6O. The van der Waals surface area contributed by atoms with Gasteiger partial charge in [-0.05, 0) is 95.4 Å². The first-order chi connectivity index (χ1) is 33.2. The van der Waals surface area contributed by atoms with Gasteiger partial charge in [-0.2, -0.15) is 0 Å². The van der Waals surface area contributed by atoms with Gasteiger partial charge >= 0.3 is 0 Å². The highest BCUT2D eigenvalue weighted by Crippen LogP contribution is 2.61. The Balaban J connectivity index is 0.966. The Hall–Kier alpha value is -9.25. The van der Waals surface area contributed by atoms with Crippen molar-refractivity contribution in [1.82, 2.24) is 23.7 Å². The van der Waals surface area contributed by atoms with Crippen molar-refractivity contribution in [3.05, 3.63) is 240 Å². The number of hydrogen-bond acceptors (Lipinski definition) is 3. The van der Waals surface area contributed by atoms with Gasteiger partial charge in [-0.25, -0.2) is 4.85 Å². The highest BCUT2D eigenvalue weighted by atomic mass is 16.5. The van der Waals surface area contributed by atoms with Gasteiger partial charge in [-0.15, -0.1) is 0 Å². The average Bonchev–Trinajstić information content (AvgIpc) is 4.10. The van der Waals surface area contributed by atoms with Crippen molar-refractivity contribution in [1.29, 1.82) is 0 Å². The Bertz CT molecular complexity index is 4250. The quantitative estimate of drug-likeness (QED) is 0.166. The molecule has 0 radical (unpaired) electrons. The molecule has 7 heteroatoms. The third kappa shape index (κ3) is 4.68. The van der Waals surface area contributed by atoms with E-state index in [2.05, 4.69) is 188 Å². The largest absolute Gasteiger partial charge is 0.457 e. The van der Waals surface area contributed by atoms with Crippen LogP contribution in [0, 0.1) is 6.57 Å². The summed E-state index contributed by atoms with van der Waals surface area (Å²) in [6, 6.07) is 69.1. The first kappa shape index (κ1) is 36.1. The molecule has 0 unspecified atom stereocenters. The molecule has 67 heavy (non-hydrogen) atoms. The van der Waals surface area contributed by atoms with E-state index < -0.39 is 5.41 Å². The molecule has 8 aromatic carbocycles. The maximum absolute atomic E-state index is 7.76. The van der Waals surface area contributed by atoms with Crippen LogP contribution >= 0.6 is 0 Å². The second-order valence-corrected chi connectivity index (χ2v) is 17.6. The average molecular weight is 855 g/mol. The summed E-state index contributed by atoms with van der Waals surface area (Å²) in [6.45, 7) is 7.76. The molecule has 5 aromatic heterocycles. The van der Waals surface area contributed by atoms with E-state index in [-0.39, 0.29) is 0 Å². The monoisotopic (exact) mass is 854 g/mol. The van der Waals surface area contributed by atoms with E-state index in [9.17, 15) is 0 Å². The zero-order chi connectivity index (χ0) is 44.0. The van der Waals surface area contributed by atoms with Gasteiger partial charge in [0.05, 0.1) is 56.5 Å². The Morgan fingerprint density at radius 2 is 0.776 bits per heavy atom. The summed E-state index contributed by atoms with van der Waals surface area (Å²) in [5, 5.41) is 6.97. The van der Waals surface area contributed by atoms with E-state index >= 15 is 0 Å². The lowest BCUT2D eigenvalue weighted by Gasteiger charge is -2.39. The van der Waals surface area contributed by atoms with E-state index in [4.69, 9.17) is 21.3 Å². The van der Waals surface area contributed by atoms with Crippen molar-refractivity contribution in [3.8, 4) is 39.9 Å². The van der Waals surface area contributed by atoms with Crippen molar-refractivity contribution >= 4 is 71.1 Å². The van der Waals surface area contributed by atoms with Gasteiger partial charge in [-0.3, -0.25) is 9.97 Å². The molecule has 0 atom stereocenters. The minimum Gasteiger partial charge on any atom is -0.457 e. The summed E-state index contributed by atoms with van der Waals surface area (Å²) in [5.74, 6) is 1.53. The molecule has 1 aliphatic carbocycles. The summed E-state index contributed by atoms with van der Waals surface area (Å²) >= 11 is 0. The third-order valence-corrected chi connectivity index (χ3v) is 14.4. The molecule has 0 amide bonds. The number of rotatable bonds is 3. The second-order valence-electron chi connectivity index (χ2n) is 17.6. The molecule has 0 saturated heterocycles. The highest BCUT2D eigenvalue weighted by Gasteiger charge is 2.52. The lowest BCUT2D eigenvalue weighted by atomic mass is 9.66. The van der Waals surface area contributed by atoms with E-state index in [1.807, 2.05) is 36.7 Å². The van der Waals surface area contributed by atoms with Crippen molar-refractivity contribution < 1.29 is 4.74 Å². The van der Waals surface area contributed by atoms with Crippen LogP contribution in [-0.2, 0) is 5.41 Å². The molecule has 7 nitrogen and oxygen atoms in total. The van der Waals surface area contributed by atoms with Crippen LogP contribution in [0.25, 0.3) is 98.7 Å². The molecule has 1 aliphatic heterocycles. The third-order valence-electron chi connectivity index (χ3n) is 14.4. The summed E-state index contributed by atoms with van der Waals surface area (Å²) in [4.78, 5) is 13.7. The van der Waals surface area contributed by atoms with E-state index in [0.29, 0.717) is 5.69 Å². The van der Waals surface area contributed by atoms with Gasteiger partial charge in [0.15, 0.2) is 5.69 Å². The molecule has 0 fully saturated rings. The van der Waals surface area contributed by atoms with Crippen molar-refractivity contribution in [2.45, 2.75) is 5.41 Å². The highest BCUT2D eigenvalue weighted by molar-refractivity contribution is 6.13. The Morgan fingerprint density at radius 3 is 1.27 bits per heavy atom. The molecule has 2 aliphatic rings. The maximum atomic E-state index is 7.76. The topological polar surface area (TPSA) is 54.2 Å². The van der Waals surface area contributed by atoms with Gasteiger partial charge in [0.2, 0.25) is 0 Å². The number of benzene rings is 8. The minimum absolute atomic E-state index is 0.617. The van der Waals surface area contributed by atoms with Crippen LogP contribution < -0.4 is 4.74 Å². The van der Waals surface area contributed by atoms with Crippen LogP contribution in [0.15, 0.2) is 207 Å². The van der Waals surface area contributed by atoms with Gasteiger partial charge in [-0.1, -0.05) is 103 Å². The van der Waals surface area contributed by atoms with Crippen LogP contribution in [0.1, 0.15) is 22.3 Å². The number of hydrogen-bond donors (Lipinski definition) is 0. The lowest BCUT2D eigenvalue weighted by molar-refractivity contribution is 0.436. The summed E-state index contributed by atoms with van der Waals surface area (Å²) in [6.07, 6.45) is 3.72. The van der Waals surface area contributed by atoms with Crippen LogP contribution in [0.2, 0.25) is 0 Å². The predicted octanol–water partition coefficient (Wildman–Crippen LogP) is 14.8. The zero-order valence-corrected chi connectivity index (χ0v) is 35.7. The molecule has 310 valence electrons. The fraction of sp³-hybridized carbons (Fsp3) is 0.0167. The standard InChI is InChI=1S/C60H34N6O/c1-61-36-22-28-54-44(32-36)42-14-4-8-20-52(42)65(54)38-23-26-46-56(34-38)67-57-35-39(24-27-47(57)60(46)48-16-10-30-62-58(48)59-49(60)17-11-31-63-59)66-53-21-9-5-15-43(53)45-33-37(25-29-55(45)66)64-50-18-6-2-12-40(50)41-13-3-7-19-51(41)64/h2-35H. The van der Waals surface area contributed by atoms with Gasteiger partial charge in [0.25, 0.3) is 0 Å². The number of ether oxygens (including phenoxy) is 1. The normalized spacial score (nSPS) is 13.3. The van der Waals surface area contributed by atoms with Gasteiger partial charge in [0.1, 0.15) is 11.5 Å². The molecular weight excluding hydrogens is 821 g/mol. The Morgan fingerprint density at radius 1 is 0.373 bits per heavy atom. The van der Waals surface area contributed by atoms with E-state index in [1.165, 1.54) is 32.6 Å². The lowest BCUT2D eigenvalue weighted by Crippen LogP contribution is -2.32. The molecule has 0 saturated carbocycles. The summed E-state index contributed by atoms with van der Waals surface area (Å²) < 4.78 is 14.3. The first-order valence-corrected chi connectivity index (χ1v) is 22.5. The van der Waals surface area contributed by atoms with E-state index in [0.717, 1.165) is 95.0 Å². The summed E-state index contributed by atoms with van der Waals surface area (Å²) in [7, 11) is 0. The Labute approximate surface area is 383 Å². The molecule has 0 N–H and O–H groups in total. The molecule has 1 spiro atoms. The van der Waals surface area contributed by atoms with Crippen LogP contribution in [-0.4, -0.2) is 23.7 Å². The van der Waals surface area contributed by atoms with Crippen molar-refractivity contribution in [2.75, 3.05) is 0 Å². The van der Waals surface area contributed by atoms with Crippen LogP contribution in [0.4, 0.5) is 5.69 Å². The van der Waals surface area contributed by atoms with Crippen LogP contribution in [0.3, 0.4) is 0 Å². The number of aromatic nitrogens is 5. The molecule has 13 aromatic rings.